The van der Waals surface area contributed by atoms with Crippen LogP contribution in [0.15, 0.2) is 48.5 Å². The number of halogens is 1. The van der Waals surface area contributed by atoms with Gasteiger partial charge in [-0.25, -0.2) is 4.39 Å². The van der Waals surface area contributed by atoms with Crippen molar-refractivity contribution >= 4 is 11.6 Å². The predicted octanol–water partition coefficient (Wildman–Crippen LogP) is 3.56. The van der Waals surface area contributed by atoms with Crippen molar-refractivity contribution in [3.05, 3.63) is 54.3 Å². The third-order valence-electron chi connectivity index (χ3n) is 3.82. The van der Waals surface area contributed by atoms with Gasteiger partial charge in [-0.1, -0.05) is 6.07 Å². The SMILES string of the molecule is O=C(Nc1ccc(Oc2cccc(F)c2)cc1)C1CCCNC1. The van der Waals surface area contributed by atoms with Crippen molar-refractivity contribution in [2.75, 3.05) is 18.4 Å². The van der Waals surface area contributed by atoms with Gasteiger partial charge in [0.2, 0.25) is 5.91 Å². The van der Waals surface area contributed by atoms with Crippen LogP contribution in [0.4, 0.5) is 10.1 Å². The maximum absolute atomic E-state index is 13.1. The smallest absolute Gasteiger partial charge is 0.228 e. The van der Waals surface area contributed by atoms with E-state index in [1.54, 1.807) is 36.4 Å². The Balaban J connectivity index is 1.59. The molecule has 1 saturated heterocycles. The number of carbonyl (C=O) groups is 1. The van der Waals surface area contributed by atoms with Crippen molar-refractivity contribution in [3.63, 3.8) is 0 Å². The Morgan fingerprint density at radius 2 is 2.00 bits per heavy atom. The van der Waals surface area contributed by atoms with Crippen LogP contribution in [0.3, 0.4) is 0 Å². The molecule has 1 aliphatic heterocycles. The predicted molar refractivity (Wildman–Crippen MR) is 87.1 cm³/mol. The lowest BCUT2D eigenvalue weighted by Gasteiger charge is -2.21. The molecule has 1 fully saturated rings. The summed E-state index contributed by atoms with van der Waals surface area (Å²) in [5.74, 6) is 0.749. The molecule has 2 aromatic carbocycles. The first kappa shape index (κ1) is 15.5. The molecule has 2 aromatic rings. The number of rotatable bonds is 4. The minimum atomic E-state index is -0.340. The van der Waals surface area contributed by atoms with Crippen molar-refractivity contribution in [3.8, 4) is 11.5 Å². The highest BCUT2D eigenvalue weighted by molar-refractivity contribution is 5.92. The molecule has 1 heterocycles. The van der Waals surface area contributed by atoms with Crippen molar-refractivity contribution < 1.29 is 13.9 Å². The normalized spacial score (nSPS) is 17.5. The Hall–Kier alpha value is -2.40. The van der Waals surface area contributed by atoms with Crippen LogP contribution in [0.1, 0.15) is 12.8 Å². The third kappa shape index (κ3) is 4.29. The summed E-state index contributed by atoms with van der Waals surface area (Å²) in [6.45, 7) is 1.71. The standard InChI is InChI=1S/C18H19FN2O2/c19-14-4-1-5-17(11-14)23-16-8-6-15(7-9-16)21-18(22)13-3-2-10-20-12-13/h1,4-9,11,13,20H,2-3,10,12H2,(H,21,22). The maximum atomic E-state index is 13.1. The second-order valence-electron chi connectivity index (χ2n) is 5.62. The van der Waals surface area contributed by atoms with Crippen LogP contribution in [-0.4, -0.2) is 19.0 Å². The number of ether oxygens (including phenoxy) is 1. The van der Waals surface area contributed by atoms with E-state index < -0.39 is 0 Å². The molecule has 0 spiro atoms. The molecule has 0 radical (unpaired) electrons. The molecule has 3 rings (SSSR count). The first-order valence-corrected chi connectivity index (χ1v) is 7.76. The minimum absolute atomic E-state index is 0.0203. The van der Waals surface area contributed by atoms with E-state index in [2.05, 4.69) is 10.6 Å². The number of benzene rings is 2. The topological polar surface area (TPSA) is 50.4 Å². The zero-order valence-corrected chi connectivity index (χ0v) is 12.7. The molecule has 2 N–H and O–H groups in total. The fraction of sp³-hybridized carbons (Fsp3) is 0.278. The lowest BCUT2D eigenvalue weighted by Crippen LogP contribution is -2.37. The van der Waals surface area contributed by atoms with Crippen LogP contribution in [0.5, 0.6) is 11.5 Å². The Bertz CT molecular complexity index is 667. The lowest BCUT2D eigenvalue weighted by molar-refractivity contribution is -0.120. The minimum Gasteiger partial charge on any atom is -0.457 e. The summed E-state index contributed by atoms with van der Waals surface area (Å²) >= 11 is 0. The summed E-state index contributed by atoms with van der Waals surface area (Å²) in [5, 5.41) is 6.15. The molecule has 1 amide bonds. The molecule has 0 bridgehead atoms. The van der Waals surface area contributed by atoms with E-state index in [0.717, 1.165) is 31.6 Å². The van der Waals surface area contributed by atoms with Gasteiger partial charge in [-0.3, -0.25) is 4.79 Å². The van der Waals surface area contributed by atoms with Crippen molar-refractivity contribution in [2.45, 2.75) is 12.8 Å². The third-order valence-corrected chi connectivity index (χ3v) is 3.82. The van der Waals surface area contributed by atoms with Crippen LogP contribution in [-0.2, 0) is 4.79 Å². The van der Waals surface area contributed by atoms with E-state index in [0.29, 0.717) is 11.5 Å². The molecule has 23 heavy (non-hydrogen) atoms. The number of nitrogens with one attached hydrogen (secondary N) is 2. The average molecular weight is 314 g/mol. The summed E-state index contributed by atoms with van der Waals surface area (Å²) in [4.78, 5) is 12.2. The summed E-state index contributed by atoms with van der Waals surface area (Å²) in [5.41, 5.74) is 0.729. The monoisotopic (exact) mass is 314 g/mol. The van der Waals surface area contributed by atoms with Crippen molar-refractivity contribution in [1.29, 1.82) is 0 Å². The van der Waals surface area contributed by atoms with Gasteiger partial charge in [-0.2, -0.15) is 0 Å². The van der Waals surface area contributed by atoms with E-state index in [-0.39, 0.29) is 17.6 Å². The van der Waals surface area contributed by atoms with Gasteiger partial charge >= 0.3 is 0 Å². The molecule has 5 heteroatoms. The van der Waals surface area contributed by atoms with Gasteiger partial charge in [0, 0.05) is 18.3 Å². The fourth-order valence-electron chi connectivity index (χ4n) is 2.59. The van der Waals surface area contributed by atoms with E-state index in [9.17, 15) is 9.18 Å². The number of amides is 1. The summed E-state index contributed by atoms with van der Waals surface area (Å²) in [7, 11) is 0. The number of carbonyl (C=O) groups excluding carboxylic acids is 1. The molecular weight excluding hydrogens is 295 g/mol. The average Bonchev–Trinajstić information content (AvgIpc) is 2.57. The molecule has 1 aliphatic rings. The first-order chi connectivity index (χ1) is 11.2. The number of hydrogen-bond acceptors (Lipinski definition) is 3. The Labute approximate surface area is 134 Å². The van der Waals surface area contributed by atoms with Gasteiger partial charge in [0.25, 0.3) is 0 Å². The molecule has 0 saturated carbocycles. The molecule has 120 valence electrons. The molecule has 1 atom stereocenters. The molecule has 0 aromatic heterocycles. The Morgan fingerprint density at radius 1 is 1.17 bits per heavy atom. The van der Waals surface area contributed by atoms with Gasteiger partial charge in [0.15, 0.2) is 0 Å². The highest BCUT2D eigenvalue weighted by Gasteiger charge is 2.20. The lowest BCUT2D eigenvalue weighted by atomic mass is 9.99. The van der Waals surface area contributed by atoms with Crippen LogP contribution < -0.4 is 15.4 Å². The summed E-state index contributed by atoms with van der Waals surface area (Å²) in [6.07, 6.45) is 1.94. The van der Waals surface area contributed by atoms with Crippen LogP contribution in [0.25, 0.3) is 0 Å². The van der Waals surface area contributed by atoms with Gasteiger partial charge in [-0.05, 0) is 55.8 Å². The number of hydrogen-bond donors (Lipinski definition) is 2. The van der Waals surface area contributed by atoms with Gasteiger partial charge < -0.3 is 15.4 Å². The van der Waals surface area contributed by atoms with E-state index in [1.165, 1.54) is 12.1 Å². The number of piperidine rings is 1. The first-order valence-electron chi connectivity index (χ1n) is 7.76. The van der Waals surface area contributed by atoms with Gasteiger partial charge in [0.05, 0.1) is 5.92 Å². The molecule has 4 nitrogen and oxygen atoms in total. The molecule has 0 aliphatic carbocycles. The quantitative estimate of drug-likeness (QED) is 0.907. The Morgan fingerprint density at radius 3 is 2.70 bits per heavy atom. The number of anilines is 1. The second-order valence-corrected chi connectivity index (χ2v) is 5.62. The van der Waals surface area contributed by atoms with Crippen molar-refractivity contribution in [1.82, 2.24) is 5.32 Å². The van der Waals surface area contributed by atoms with Crippen LogP contribution in [0.2, 0.25) is 0 Å². The fourth-order valence-corrected chi connectivity index (χ4v) is 2.59. The van der Waals surface area contributed by atoms with Crippen LogP contribution in [0, 0.1) is 11.7 Å². The van der Waals surface area contributed by atoms with Gasteiger partial charge in [0.1, 0.15) is 17.3 Å². The largest absolute Gasteiger partial charge is 0.457 e. The summed E-state index contributed by atoms with van der Waals surface area (Å²) < 4.78 is 18.7. The maximum Gasteiger partial charge on any atom is 0.228 e. The van der Waals surface area contributed by atoms with E-state index >= 15 is 0 Å². The van der Waals surface area contributed by atoms with Crippen molar-refractivity contribution in [2.24, 2.45) is 5.92 Å². The zero-order chi connectivity index (χ0) is 16.1. The summed E-state index contributed by atoms with van der Waals surface area (Å²) in [6, 6.07) is 13.0. The van der Waals surface area contributed by atoms with Gasteiger partial charge in [-0.15, -0.1) is 0 Å². The Kier molecular flexibility index (Phi) is 4.88. The highest BCUT2D eigenvalue weighted by Crippen LogP contribution is 2.24. The zero-order valence-electron chi connectivity index (χ0n) is 12.7. The molecular formula is C18H19FN2O2. The highest BCUT2D eigenvalue weighted by atomic mass is 19.1. The van der Waals surface area contributed by atoms with E-state index in [4.69, 9.17) is 4.74 Å². The second kappa shape index (κ2) is 7.24. The van der Waals surface area contributed by atoms with E-state index in [1.807, 2.05) is 0 Å². The molecule has 1 unspecified atom stereocenters. The van der Waals surface area contributed by atoms with Crippen LogP contribution >= 0.6 is 0 Å².